The van der Waals surface area contributed by atoms with Gasteiger partial charge in [-0.3, -0.25) is 4.99 Å². The Morgan fingerprint density at radius 2 is 2.17 bits per heavy atom. The zero-order valence-electron chi connectivity index (χ0n) is 9.93. The van der Waals surface area contributed by atoms with E-state index in [-0.39, 0.29) is 0 Å². The Balaban J connectivity index is 1.50. The lowest BCUT2D eigenvalue weighted by molar-refractivity contribution is 0.773. The molecule has 92 valence electrons. The number of hydrogen-bond acceptors (Lipinski definition) is 4. The smallest absolute Gasteiger partial charge is 0.161 e. The minimum absolute atomic E-state index is 0.734. The van der Waals surface area contributed by atoms with Crippen molar-refractivity contribution in [1.82, 2.24) is 0 Å². The highest BCUT2D eigenvalue weighted by atomic mass is 32.2. The van der Waals surface area contributed by atoms with Gasteiger partial charge >= 0.3 is 0 Å². The summed E-state index contributed by atoms with van der Waals surface area (Å²) in [4.78, 5) is 4.61. The minimum Gasteiger partial charge on any atom is -0.335 e. The second-order valence-electron chi connectivity index (χ2n) is 4.94. The molecule has 1 aromatic carbocycles. The lowest BCUT2D eigenvalue weighted by atomic mass is 10.2. The van der Waals surface area contributed by atoms with E-state index >= 15 is 0 Å². The number of aliphatic imine (C=N–C) groups is 1. The van der Waals surface area contributed by atoms with Gasteiger partial charge in [-0.25, -0.2) is 0 Å². The molecule has 0 spiro atoms. The van der Waals surface area contributed by atoms with Gasteiger partial charge in [-0.15, -0.1) is 11.3 Å². The van der Waals surface area contributed by atoms with Crippen molar-refractivity contribution in [3.05, 3.63) is 29.6 Å². The molecule has 0 saturated heterocycles. The van der Waals surface area contributed by atoms with E-state index in [1.54, 1.807) is 11.3 Å². The van der Waals surface area contributed by atoms with E-state index in [4.69, 9.17) is 0 Å². The molecule has 0 bridgehead atoms. The molecule has 1 aliphatic carbocycles. The van der Waals surface area contributed by atoms with Crippen molar-refractivity contribution >= 4 is 44.0 Å². The Morgan fingerprint density at radius 3 is 3.06 bits per heavy atom. The predicted molar refractivity (Wildman–Crippen MR) is 81.9 cm³/mol. The molecule has 1 saturated carbocycles. The predicted octanol–water partition coefficient (Wildman–Crippen LogP) is 4.19. The largest absolute Gasteiger partial charge is 0.335 e. The fraction of sp³-hybridized carbons (Fsp3) is 0.357. The van der Waals surface area contributed by atoms with Gasteiger partial charge in [-0.2, -0.15) is 0 Å². The Labute approximate surface area is 114 Å². The number of thioether (sulfide) groups is 1. The van der Waals surface area contributed by atoms with E-state index in [0.29, 0.717) is 0 Å². The first-order valence-corrected chi connectivity index (χ1v) is 8.10. The maximum absolute atomic E-state index is 4.61. The molecular weight excluding hydrogens is 260 g/mol. The zero-order valence-corrected chi connectivity index (χ0v) is 11.6. The first-order valence-electron chi connectivity index (χ1n) is 6.34. The normalized spacial score (nSPS) is 23.3. The van der Waals surface area contributed by atoms with Crippen LogP contribution in [-0.4, -0.2) is 17.0 Å². The molecule has 4 heteroatoms. The quantitative estimate of drug-likeness (QED) is 0.887. The van der Waals surface area contributed by atoms with Gasteiger partial charge in [-0.05, 0) is 53.8 Å². The first kappa shape index (κ1) is 10.9. The highest BCUT2D eigenvalue weighted by Gasteiger charge is 2.35. The molecule has 1 N–H and O–H groups in total. The van der Waals surface area contributed by atoms with E-state index in [1.165, 1.54) is 22.9 Å². The fourth-order valence-electron chi connectivity index (χ4n) is 2.34. The summed E-state index contributed by atoms with van der Waals surface area (Å²) in [6.07, 6.45) is 2.81. The van der Waals surface area contributed by atoms with Crippen LogP contribution < -0.4 is 5.32 Å². The van der Waals surface area contributed by atoms with Crippen LogP contribution in [0.4, 0.5) is 5.69 Å². The maximum Gasteiger partial charge on any atom is 0.161 e. The molecular formula is C14H14N2S2. The number of thiophene rings is 1. The zero-order chi connectivity index (χ0) is 11.9. The van der Waals surface area contributed by atoms with Crippen LogP contribution in [0.5, 0.6) is 0 Å². The van der Waals surface area contributed by atoms with E-state index in [9.17, 15) is 0 Å². The molecule has 0 amide bonds. The van der Waals surface area contributed by atoms with Crippen LogP contribution in [0.2, 0.25) is 0 Å². The second kappa shape index (κ2) is 4.28. The number of benzene rings is 1. The SMILES string of the molecule is c1cc2cc(NC3=NCC(C4CC4)S3)ccc2s1. The van der Waals surface area contributed by atoms with Crippen LogP contribution >= 0.6 is 23.1 Å². The van der Waals surface area contributed by atoms with Gasteiger partial charge in [-0.1, -0.05) is 11.8 Å². The number of rotatable bonds is 2. The van der Waals surface area contributed by atoms with Gasteiger partial charge in [0.05, 0.1) is 6.54 Å². The summed E-state index contributed by atoms with van der Waals surface area (Å²) in [5.74, 6) is 0.928. The van der Waals surface area contributed by atoms with Crippen LogP contribution in [0.25, 0.3) is 10.1 Å². The molecule has 2 aliphatic rings. The van der Waals surface area contributed by atoms with Crippen LogP contribution in [0.15, 0.2) is 34.6 Å². The lowest BCUT2D eigenvalue weighted by Crippen LogP contribution is -2.08. The van der Waals surface area contributed by atoms with Crippen LogP contribution in [0.3, 0.4) is 0 Å². The average molecular weight is 274 g/mol. The first-order chi connectivity index (χ1) is 8.88. The van der Waals surface area contributed by atoms with E-state index in [1.807, 2.05) is 11.8 Å². The van der Waals surface area contributed by atoms with Crippen molar-refractivity contribution in [3.8, 4) is 0 Å². The number of anilines is 1. The fourth-order valence-corrected chi connectivity index (χ4v) is 4.34. The van der Waals surface area contributed by atoms with Crippen LogP contribution in [0.1, 0.15) is 12.8 Å². The Bertz CT molecular complexity index is 613. The molecule has 1 unspecified atom stereocenters. The van der Waals surface area contributed by atoms with E-state index in [0.717, 1.165) is 28.6 Å². The molecule has 1 atom stereocenters. The minimum atomic E-state index is 0.734. The van der Waals surface area contributed by atoms with Crippen molar-refractivity contribution in [2.45, 2.75) is 18.1 Å². The molecule has 1 aromatic heterocycles. The molecule has 18 heavy (non-hydrogen) atoms. The van der Waals surface area contributed by atoms with Gasteiger partial charge in [0, 0.05) is 15.6 Å². The highest BCUT2D eigenvalue weighted by Crippen LogP contribution is 2.42. The van der Waals surface area contributed by atoms with Crippen LogP contribution in [0, 0.1) is 5.92 Å². The maximum atomic E-state index is 4.61. The summed E-state index contributed by atoms with van der Waals surface area (Å²) >= 11 is 3.71. The molecule has 2 aromatic rings. The second-order valence-corrected chi connectivity index (χ2v) is 7.11. The third-order valence-corrected chi connectivity index (χ3v) is 5.72. The summed E-state index contributed by atoms with van der Waals surface area (Å²) < 4.78 is 1.34. The Morgan fingerprint density at radius 1 is 1.22 bits per heavy atom. The van der Waals surface area contributed by atoms with Gasteiger partial charge < -0.3 is 5.32 Å². The van der Waals surface area contributed by atoms with Gasteiger partial charge in [0.1, 0.15) is 0 Å². The standard InChI is InChI=1S/C14H14N2S2/c1-2-9(1)13-8-15-14(18-13)16-11-3-4-12-10(7-11)5-6-17-12/h3-7,9,13H,1-2,8H2,(H,15,16). The van der Waals surface area contributed by atoms with Gasteiger partial charge in [0.15, 0.2) is 5.17 Å². The number of fused-ring (bicyclic) bond motifs is 1. The summed E-state index contributed by atoms with van der Waals surface area (Å²) in [6.45, 7) is 0.998. The third kappa shape index (κ3) is 2.04. The molecule has 1 aliphatic heterocycles. The van der Waals surface area contributed by atoms with Crippen molar-refractivity contribution in [3.63, 3.8) is 0 Å². The van der Waals surface area contributed by atoms with Gasteiger partial charge in [0.2, 0.25) is 0 Å². The topological polar surface area (TPSA) is 24.4 Å². The third-order valence-electron chi connectivity index (χ3n) is 3.53. The van der Waals surface area contributed by atoms with E-state index in [2.05, 4.69) is 40.0 Å². The molecule has 2 nitrogen and oxygen atoms in total. The Hall–Kier alpha value is -1.00. The Kier molecular flexibility index (Phi) is 2.59. The van der Waals surface area contributed by atoms with Crippen LogP contribution in [-0.2, 0) is 0 Å². The molecule has 0 radical (unpaired) electrons. The number of nitrogens with one attached hydrogen (secondary N) is 1. The molecule has 1 fully saturated rings. The molecule has 2 heterocycles. The van der Waals surface area contributed by atoms with Crippen molar-refractivity contribution < 1.29 is 0 Å². The van der Waals surface area contributed by atoms with Gasteiger partial charge in [0.25, 0.3) is 0 Å². The lowest BCUT2D eigenvalue weighted by Gasteiger charge is -2.07. The highest BCUT2D eigenvalue weighted by molar-refractivity contribution is 8.15. The summed E-state index contributed by atoms with van der Waals surface area (Å²) in [7, 11) is 0. The number of hydrogen-bond donors (Lipinski definition) is 1. The average Bonchev–Trinajstić information content (AvgIpc) is 2.95. The van der Waals surface area contributed by atoms with Crippen molar-refractivity contribution in [1.29, 1.82) is 0 Å². The summed E-state index contributed by atoms with van der Waals surface area (Å²) in [5.41, 5.74) is 1.16. The van der Waals surface area contributed by atoms with Crippen molar-refractivity contribution in [2.75, 3.05) is 11.9 Å². The number of amidine groups is 1. The monoisotopic (exact) mass is 274 g/mol. The summed E-state index contributed by atoms with van der Waals surface area (Å²) in [5, 5.41) is 8.74. The van der Waals surface area contributed by atoms with Crippen molar-refractivity contribution in [2.24, 2.45) is 10.9 Å². The summed E-state index contributed by atoms with van der Waals surface area (Å²) in [6, 6.07) is 8.70. The van der Waals surface area contributed by atoms with E-state index < -0.39 is 0 Å². The number of nitrogens with zero attached hydrogens (tertiary/aromatic N) is 1. The molecule has 4 rings (SSSR count).